The average Bonchev–Trinajstić information content (AvgIpc) is 3.21. The van der Waals surface area contributed by atoms with E-state index in [4.69, 9.17) is 0 Å². The summed E-state index contributed by atoms with van der Waals surface area (Å²) in [6.07, 6.45) is 5.69. The molecule has 0 unspecified atom stereocenters. The van der Waals surface area contributed by atoms with Gasteiger partial charge in [0.1, 0.15) is 12.4 Å². The molecule has 4 rings (SSSR count). The number of anilines is 1. The van der Waals surface area contributed by atoms with E-state index in [-0.39, 0.29) is 6.04 Å². The Labute approximate surface area is 134 Å². The van der Waals surface area contributed by atoms with Crippen molar-refractivity contribution in [2.45, 2.75) is 26.4 Å². The van der Waals surface area contributed by atoms with Crippen LogP contribution in [-0.4, -0.2) is 24.5 Å². The van der Waals surface area contributed by atoms with Gasteiger partial charge in [-0.15, -0.1) is 0 Å². The van der Waals surface area contributed by atoms with E-state index in [1.54, 1.807) is 6.33 Å². The number of aromatic nitrogens is 5. The number of fused-ring (bicyclic) bond motifs is 1. The van der Waals surface area contributed by atoms with Gasteiger partial charge in [-0.2, -0.15) is 15.2 Å². The Morgan fingerprint density at radius 3 is 2.74 bits per heavy atom. The third-order valence-electron chi connectivity index (χ3n) is 4.25. The van der Waals surface area contributed by atoms with Crippen molar-refractivity contribution in [1.29, 1.82) is 0 Å². The zero-order valence-corrected chi connectivity index (χ0v) is 13.1. The minimum Gasteiger partial charge on any atom is -0.324 e. The average molecular weight is 306 g/mol. The number of nitrogens with one attached hydrogen (secondary N) is 1. The third kappa shape index (κ3) is 2.23. The molecule has 1 aliphatic rings. The topological polar surface area (TPSA) is 60.6 Å². The van der Waals surface area contributed by atoms with Crippen molar-refractivity contribution in [3.05, 3.63) is 65.8 Å². The fourth-order valence-electron chi connectivity index (χ4n) is 3.01. The Kier molecular flexibility index (Phi) is 3.22. The van der Waals surface area contributed by atoms with E-state index in [2.05, 4.69) is 52.6 Å². The van der Waals surface area contributed by atoms with E-state index in [9.17, 15) is 0 Å². The van der Waals surface area contributed by atoms with E-state index in [0.717, 1.165) is 35.0 Å². The second-order valence-electron chi connectivity index (χ2n) is 5.55. The molecule has 6 nitrogen and oxygen atoms in total. The first-order chi connectivity index (χ1) is 11.3. The maximum absolute atomic E-state index is 4.47. The SMILES string of the molecule is CCn1ncc([C@H]2C=C(c3ccccc3)Nc3ncnn32)c1C. The normalized spacial score (nSPS) is 16.6. The highest BCUT2D eigenvalue weighted by Gasteiger charge is 2.26. The highest BCUT2D eigenvalue weighted by atomic mass is 15.4. The minimum atomic E-state index is -0.00995. The van der Waals surface area contributed by atoms with Gasteiger partial charge in [-0.1, -0.05) is 30.3 Å². The molecule has 116 valence electrons. The van der Waals surface area contributed by atoms with Gasteiger partial charge in [0.2, 0.25) is 5.95 Å². The molecule has 3 heterocycles. The molecule has 1 aliphatic heterocycles. The zero-order chi connectivity index (χ0) is 15.8. The molecular formula is C17H18N6. The van der Waals surface area contributed by atoms with E-state index < -0.39 is 0 Å². The molecule has 0 spiro atoms. The van der Waals surface area contributed by atoms with Crippen LogP contribution in [0, 0.1) is 6.92 Å². The van der Waals surface area contributed by atoms with Crippen LogP contribution in [0.1, 0.15) is 29.8 Å². The summed E-state index contributed by atoms with van der Waals surface area (Å²) in [5.41, 5.74) is 4.48. The zero-order valence-electron chi connectivity index (χ0n) is 13.1. The molecule has 0 amide bonds. The van der Waals surface area contributed by atoms with Crippen LogP contribution >= 0.6 is 0 Å². The van der Waals surface area contributed by atoms with Crippen molar-refractivity contribution in [3.8, 4) is 0 Å². The van der Waals surface area contributed by atoms with Gasteiger partial charge in [0.25, 0.3) is 0 Å². The lowest BCUT2D eigenvalue weighted by molar-refractivity contribution is 0.600. The maximum Gasteiger partial charge on any atom is 0.226 e. The van der Waals surface area contributed by atoms with Crippen LogP contribution in [0.2, 0.25) is 0 Å². The lowest BCUT2D eigenvalue weighted by atomic mass is 10.0. The van der Waals surface area contributed by atoms with Crippen LogP contribution in [0.4, 0.5) is 5.95 Å². The van der Waals surface area contributed by atoms with Crippen molar-refractivity contribution in [3.63, 3.8) is 0 Å². The van der Waals surface area contributed by atoms with Crippen molar-refractivity contribution in [2.75, 3.05) is 5.32 Å². The summed E-state index contributed by atoms with van der Waals surface area (Å²) in [4.78, 5) is 4.34. The molecule has 0 saturated heterocycles. The summed E-state index contributed by atoms with van der Waals surface area (Å²) in [7, 11) is 0. The Balaban J connectivity index is 1.83. The van der Waals surface area contributed by atoms with Gasteiger partial charge in [0, 0.05) is 23.5 Å². The van der Waals surface area contributed by atoms with Crippen molar-refractivity contribution >= 4 is 11.6 Å². The Morgan fingerprint density at radius 1 is 1.17 bits per heavy atom. The van der Waals surface area contributed by atoms with Gasteiger partial charge in [-0.3, -0.25) is 4.68 Å². The number of rotatable bonds is 3. The summed E-state index contributed by atoms with van der Waals surface area (Å²) in [6, 6.07) is 10.2. The third-order valence-corrected chi connectivity index (χ3v) is 4.25. The maximum atomic E-state index is 4.47. The van der Waals surface area contributed by atoms with Crippen molar-refractivity contribution in [1.82, 2.24) is 24.5 Å². The molecule has 6 heteroatoms. The van der Waals surface area contributed by atoms with Crippen LogP contribution in [0.3, 0.4) is 0 Å². The Morgan fingerprint density at radius 2 is 2.00 bits per heavy atom. The molecule has 1 N–H and O–H groups in total. The molecule has 2 aromatic heterocycles. The van der Waals surface area contributed by atoms with Crippen LogP contribution < -0.4 is 5.32 Å². The Hall–Kier alpha value is -2.89. The first kappa shape index (κ1) is 13.8. The molecule has 0 aliphatic carbocycles. The number of allylic oxidation sites excluding steroid dienone is 1. The predicted molar refractivity (Wildman–Crippen MR) is 88.8 cm³/mol. The number of aryl methyl sites for hydroxylation is 1. The van der Waals surface area contributed by atoms with Crippen LogP contribution in [0.5, 0.6) is 0 Å². The largest absolute Gasteiger partial charge is 0.324 e. The van der Waals surface area contributed by atoms with Gasteiger partial charge >= 0.3 is 0 Å². The van der Waals surface area contributed by atoms with Crippen molar-refractivity contribution < 1.29 is 0 Å². The summed E-state index contributed by atoms with van der Waals surface area (Å²) in [6.45, 7) is 5.05. The Bertz CT molecular complexity index is 858. The molecule has 0 saturated carbocycles. The predicted octanol–water partition coefficient (Wildman–Crippen LogP) is 2.86. The number of benzene rings is 1. The van der Waals surface area contributed by atoms with Crippen LogP contribution in [0.15, 0.2) is 48.9 Å². The molecule has 0 fully saturated rings. The lowest BCUT2D eigenvalue weighted by Crippen LogP contribution is -2.20. The molecule has 23 heavy (non-hydrogen) atoms. The molecule has 3 aromatic rings. The van der Waals surface area contributed by atoms with E-state index in [0.29, 0.717) is 0 Å². The first-order valence-electron chi connectivity index (χ1n) is 7.74. The monoisotopic (exact) mass is 306 g/mol. The highest BCUT2D eigenvalue weighted by molar-refractivity contribution is 5.77. The summed E-state index contributed by atoms with van der Waals surface area (Å²) in [5.74, 6) is 0.750. The smallest absolute Gasteiger partial charge is 0.226 e. The van der Waals surface area contributed by atoms with Gasteiger partial charge < -0.3 is 5.32 Å². The minimum absolute atomic E-state index is 0.00995. The van der Waals surface area contributed by atoms with Gasteiger partial charge in [0.15, 0.2) is 0 Å². The van der Waals surface area contributed by atoms with Gasteiger partial charge in [-0.25, -0.2) is 4.68 Å². The second-order valence-corrected chi connectivity index (χ2v) is 5.55. The molecule has 1 aromatic carbocycles. The highest BCUT2D eigenvalue weighted by Crippen LogP contribution is 2.32. The fourth-order valence-corrected chi connectivity index (χ4v) is 3.01. The lowest BCUT2D eigenvalue weighted by Gasteiger charge is -2.24. The second kappa shape index (κ2) is 5.39. The van der Waals surface area contributed by atoms with Crippen LogP contribution in [-0.2, 0) is 6.54 Å². The number of nitrogens with zero attached hydrogens (tertiary/aromatic N) is 5. The number of hydrogen-bond donors (Lipinski definition) is 1. The van der Waals surface area contributed by atoms with E-state index in [1.165, 1.54) is 0 Å². The van der Waals surface area contributed by atoms with Gasteiger partial charge in [0.05, 0.1) is 6.20 Å². The van der Waals surface area contributed by atoms with E-state index >= 15 is 0 Å². The molecular weight excluding hydrogens is 288 g/mol. The standard InChI is InChI=1S/C17H18N6/c1-3-22-12(2)14(10-19-22)16-9-15(13-7-5-4-6-8-13)21-17-18-11-20-23(16)17/h4-11,16H,3H2,1-2H3,(H,18,20,21)/t16-/m1/s1. The molecule has 1 atom stereocenters. The quantitative estimate of drug-likeness (QED) is 0.808. The van der Waals surface area contributed by atoms with E-state index in [1.807, 2.05) is 33.8 Å². The van der Waals surface area contributed by atoms with Crippen molar-refractivity contribution in [2.24, 2.45) is 0 Å². The summed E-state index contributed by atoms with van der Waals surface area (Å²) in [5, 5.41) is 12.2. The molecule has 0 bridgehead atoms. The van der Waals surface area contributed by atoms with Gasteiger partial charge in [-0.05, 0) is 25.5 Å². The number of hydrogen-bond acceptors (Lipinski definition) is 4. The fraction of sp³-hybridized carbons (Fsp3) is 0.235. The molecule has 0 radical (unpaired) electrons. The summed E-state index contributed by atoms with van der Waals surface area (Å²) >= 11 is 0. The first-order valence-corrected chi connectivity index (χ1v) is 7.74. The summed E-state index contributed by atoms with van der Waals surface area (Å²) < 4.78 is 3.90. The van der Waals surface area contributed by atoms with Crippen LogP contribution in [0.25, 0.3) is 5.70 Å².